The first-order valence-electron chi connectivity index (χ1n) is 5.78. The van der Waals surface area contributed by atoms with Crippen LogP contribution in [-0.4, -0.2) is 29.5 Å². The first kappa shape index (κ1) is 15.1. The minimum absolute atomic E-state index is 0.0360. The first-order valence-corrected chi connectivity index (χ1v) is 7.53. The van der Waals surface area contributed by atoms with Crippen molar-refractivity contribution >= 4 is 40.6 Å². The van der Waals surface area contributed by atoms with Crippen LogP contribution < -0.4 is 11.1 Å². The maximum atomic E-state index is 11.5. The van der Waals surface area contributed by atoms with Crippen LogP contribution in [0, 0.1) is 0 Å². The first-order chi connectivity index (χ1) is 10.0. The topological polar surface area (TPSA) is 111 Å². The highest BCUT2D eigenvalue weighted by Crippen LogP contribution is 2.27. The van der Waals surface area contributed by atoms with E-state index in [2.05, 4.69) is 4.98 Å². The second kappa shape index (κ2) is 6.95. The predicted molar refractivity (Wildman–Crippen MR) is 77.8 cm³/mol. The zero-order valence-electron chi connectivity index (χ0n) is 10.7. The third kappa shape index (κ3) is 4.65. The van der Waals surface area contributed by atoms with Crippen molar-refractivity contribution in [3.05, 3.63) is 28.6 Å². The van der Waals surface area contributed by atoms with Crippen LogP contribution in [-0.2, 0) is 20.7 Å². The van der Waals surface area contributed by atoms with Crippen molar-refractivity contribution in [2.24, 2.45) is 5.73 Å². The quantitative estimate of drug-likeness (QED) is 0.801. The molecule has 0 aliphatic rings. The smallest absolute Gasteiger partial charge is 0.318 e. The molecule has 9 heteroatoms. The lowest BCUT2D eigenvalue weighted by Gasteiger charge is -2.02. The van der Waals surface area contributed by atoms with Crippen molar-refractivity contribution in [2.45, 2.75) is 6.42 Å². The molecule has 2 heterocycles. The van der Waals surface area contributed by atoms with Crippen LogP contribution in [0.25, 0.3) is 9.88 Å². The number of nitrogens with zero attached hydrogens (tertiary/aromatic N) is 1. The normalized spacial score (nSPS) is 10.1. The number of primary amides is 1. The van der Waals surface area contributed by atoms with E-state index < -0.39 is 24.5 Å². The number of thiophene rings is 1. The summed E-state index contributed by atoms with van der Waals surface area (Å²) in [6.45, 7) is -0.552. The Morgan fingerprint density at radius 3 is 2.81 bits per heavy atom. The number of imide groups is 1. The fourth-order valence-corrected chi connectivity index (χ4v) is 3.05. The van der Waals surface area contributed by atoms with Crippen molar-refractivity contribution < 1.29 is 19.1 Å². The highest BCUT2D eigenvalue weighted by molar-refractivity contribution is 7.20. The second-order valence-corrected chi connectivity index (χ2v) is 5.68. The Morgan fingerprint density at radius 1 is 1.33 bits per heavy atom. The molecule has 7 nitrogen and oxygen atoms in total. The Morgan fingerprint density at radius 2 is 2.14 bits per heavy atom. The average Bonchev–Trinajstić information content (AvgIpc) is 3.05. The van der Waals surface area contributed by atoms with Crippen molar-refractivity contribution in [1.82, 2.24) is 10.3 Å². The molecule has 0 aliphatic heterocycles. The van der Waals surface area contributed by atoms with Gasteiger partial charge in [0.15, 0.2) is 6.61 Å². The number of hydrogen-bond donors (Lipinski definition) is 2. The molecular weight excluding hydrogens is 314 g/mol. The number of hydrogen-bond acceptors (Lipinski definition) is 7. The molecular formula is C12H11N3O4S2. The molecule has 0 bridgehead atoms. The molecule has 0 fully saturated rings. The highest BCUT2D eigenvalue weighted by Gasteiger charge is 2.12. The number of rotatable bonds is 5. The Balaban J connectivity index is 1.83. The largest absolute Gasteiger partial charge is 0.455 e. The van der Waals surface area contributed by atoms with Gasteiger partial charge in [-0.25, -0.2) is 9.78 Å². The van der Waals surface area contributed by atoms with Crippen LogP contribution >= 0.6 is 22.7 Å². The van der Waals surface area contributed by atoms with Crippen molar-refractivity contribution in [3.63, 3.8) is 0 Å². The predicted octanol–water partition coefficient (Wildman–Crippen LogP) is 1.15. The zero-order chi connectivity index (χ0) is 15.2. The van der Waals surface area contributed by atoms with Crippen LogP contribution in [0.3, 0.4) is 0 Å². The molecule has 110 valence electrons. The number of aromatic nitrogens is 1. The monoisotopic (exact) mass is 325 g/mol. The van der Waals surface area contributed by atoms with Gasteiger partial charge in [-0.2, -0.15) is 0 Å². The van der Waals surface area contributed by atoms with Gasteiger partial charge in [-0.1, -0.05) is 6.07 Å². The van der Waals surface area contributed by atoms with Crippen LogP contribution in [0.4, 0.5) is 4.79 Å². The molecule has 2 rings (SSSR count). The fraction of sp³-hybridized carbons (Fsp3) is 0.167. The van der Waals surface area contributed by atoms with Crippen molar-refractivity contribution in [3.8, 4) is 9.88 Å². The SMILES string of the molecule is NC(=O)NC(=O)COC(=O)Cc1csc(-c2cccs2)n1. The summed E-state index contributed by atoms with van der Waals surface area (Å²) in [4.78, 5) is 38.4. The fourth-order valence-electron chi connectivity index (χ4n) is 1.42. The minimum Gasteiger partial charge on any atom is -0.455 e. The highest BCUT2D eigenvalue weighted by atomic mass is 32.1. The molecule has 0 aliphatic carbocycles. The number of nitrogens with one attached hydrogen (secondary N) is 1. The number of carbonyl (C=O) groups is 3. The van der Waals surface area contributed by atoms with E-state index in [-0.39, 0.29) is 6.42 Å². The molecule has 2 aromatic rings. The van der Waals surface area contributed by atoms with E-state index in [1.165, 1.54) is 11.3 Å². The van der Waals surface area contributed by atoms with Crippen molar-refractivity contribution in [1.29, 1.82) is 0 Å². The van der Waals surface area contributed by atoms with E-state index in [9.17, 15) is 14.4 Å². The number of thiazole rings is 1. The molecule has 0 radical (unpaired) electrons. The Bertz CT molecular complexity index is 651. The maximum absolute atomic E-state index is 11.5. The number of esters is 1. The summed E-state index contributed by atoms with van der Waals surface area (Å²) in [7, 11) is 0. The van der Waals surface area contributed by atoms with Gasteiger partial charge < -0.3 is 10.5 Å². The van der Waals surface area contributed by atoms with Gasteiger partial charge in [-0.05, 0) is 11.4 Å². The van der Waals surface area contributed by atoms with Gasteiger partial charge in [-0.15, -0.1) is 22.7 Å². The number of ether oxygens (including phenoxy) is 1. The van der Waals surface area contributed by atoms with Gasteiger partial charge in [0.2, 0.25) is 0 Å². The van der Waals surface area contributed by atoms with E-state index in [1.807, 2.05) is 17.5 Å². The van der Waals surface area contributed by atoms with Crippen LogP contribution in [0.2, 0.25) is 0 Å². The van der Waals surface area contributed by atoms with Gasteiger partial charge in [0, 0.05) is 5.38 Å². The molecule has 0 saturated heterocycles. The number of urea groups is 1. The molecule has 3 amide bonds. The molecule has 3 N–H and O–H groups in total. The van der Waals surface area contributed by atoms with E-state index in [4.69, 9.17) is 10.5 Å². The summed E-state index contributed by atoms with van der Waals surface area (Å²) >= 11 is 3.00. The lowest BCUT2D eigenvalue weighted by Crippen LogP contribution is -2.37. The van der Waals surface area contributed by atoms with Gasteiger partial charge in [0.05, 0.1) is 17.0 Å². The number of nitrogens with two attached hydrogens (primary N) is 1. The van der Waals surface area contributed by atoms with E-state index in [0.29, 0.717) is 5.69 Å². The Kier molecular flexibility index (Phi) is 5.01. The van der Waals surface area contributed by atoms with E-state index in [1.54, 1.807) is 22.0 Å². The summed E-state index contributed by atoms with van der Waals surface area (Å²) in [6, 6.07) is 2.88. The summed E-state index contributed by atoms with van der Waals surface area (Å²) < 4.78 is 4.72. The maximum Gasteiger partial charge on any atom is 0.318 e. The molecule has 2 aromatic heterocycles. The Hall–Kier alpha value is -2.26. The third-order valence-corrected chi connectivity index (χ3v) is 4.17. The van der Waals surface area contributed by atoms with Gasteiger partial charge in [0.1, 0.15) is 5.01 Å². The standard InChI is InChI=1S/C12H11N3O4S2/c13-12(18)15-9(16)5-19-10(17)4-7-6-21-11(14-7)8-2-1-3-20-8/h1-3,6H,4-5H2,(H3,13,15,16,18). The number of amides is 3. The summed E-state index contributed by atoms with van der Waals surface area (Å²) in [6.07, 6.45) is -0.0360. The Labute approximate surface area is 127 Å². The van der Waals surface area contributed by atoms with Crippen LogP contribution in [0.1, 0.15) is 5.69 Å². The third-order valence-electron chi connectivity index (χ3n) is 2.24. The molecule has 0 unspecified atom stereocenters. The lowest BCUT2D eigenvalue weighted by molar-refractivity contribution is -0.147. The van der Waals surface area contributed by atoms with Crippen LogP contribution in [0.5, 0.6) is 0 Å². The summed E-state index contributed by atoms with van der Waals surface area (Å²) in [5.41, 5.74) is 5.33. The molecule has 0 atom stereocenters. The van der Waals surface area contributed by atoms with Gasteiger partial charge in [0.25, 0.3) is 5.91 Å². The second-order valence-electron chi connectivity index (χ2n) is 3.87. The van der Waals surface area contributed by atoms with Gasteiger partial charge >= 0.3 is 12.0 Å². The zero-order valence-corrected chi connectivity index (χ0v) is 12.3. The van der Waals surface area contributed by atoms with Crippen LogP contribution in [0.15, 0.2) is 22.9 Å². The molecule has 0 saturated carbocycles. The summed E-state index contributed by atoms with van der Waals surface area (Å²) in [5, 5.41) is 6.34. The van der Waals surface area contributed by atoms with Gasteiger partial charge in [-0.3, -0.25) is 14.9 Å². The molecule has 21 heavy (non-hydrogen) atoms. The number of carbonyl (C=O) groups excluding carboxylic acids is 3. The molecule has 0 spiro atoms. The van der Waals surface area contributed by atoms with E-state index in [0.717, 1.165) is 9.88 Å². The van der Waals surface area contributed by atoms with Crippen molar-refractivity contribution in [2.75, 3.05) is 6.61 Å². The summed E-state index contributed by atoms with van der Waals surface area (Å²) in [5.74, 6) is -1.37. The molecule has 0 aromatic carbocycles. The lowest BCUT2D eigenvalue weighted by atomic mass is 10.3. The van der Waals surface area contributed by atoms with E-state index >= 15 is 0 Å². The average molecular weight is 325 g/mol. The minimum atomic E-state index is -0.990.